The molecule has 0 aromatic rings. The van der Waals surface area contributed by atoms with Gasteiger partial charge in [0.2, 0.25) is 0 Å². The Bertz CT molecular complexity index is 387. The molecule has 12 heteroatoms. The molecule has 0 amide bonds. The second-order valence-electron chi connectivity index (χ2n) is 4.40. The topological polar surface area (TPSA) is 139 Å². The van der Waals surface area contributed by atoms with Gasteiger partial charge in [-0.15, -0.1) is 10.0 Å². The van der Waals surface area contributed by atoms with Crippen LogP contribution in [0.15, 0.2) is 0 Å². The van der Waals surface area contributed by atoms with E-state index in [-0.39, 0.29) is 19.9 Å². The van der Waals surface area contributed by atoms with Gasteiger partial charge in [0.05, 0.1) is 6.54 Å². The lowest BCUT2D eigenvalue weighted by atomic mass is 9.95. The van der Waals surface area contributed by atoms with Gasteiger partial charge in [-0.1, -0.05) is 0 Å². The van der Waals surface area contributed by atoms with E-state index in [4.69, 9.17) is 0 Å². The third kappa shape index (κ3) is 1.85. The van der Waals surface area contributed by atoms with Crippen molar-refractivity contribution < 1.29 is 15.0 Å². The zero-order valence-corrected chi connectivity index (χ0v) is 9.17. The lowest BCUT2D eigenvalue weighted by Crippen LogP contribution is -2.73. The third-order valence-corrected chi connectivity index (χ3v) is 3.05. The number of rotatable bonds is 3. The summed E-state index contributed by atoms with van der Waals surface area (Å²) in [6.45, 7) is -1.21. The zero-order valence-electron chi connectivity index (χ0n) is 9.17. The van der Waals surface area contributed by atoms with Gasteiger partial charge in [0.15, 0.2) is 23.2 Å². The van der Waals surface area contributed by atoms with Crippen molar-refractivity contribution in [1.82, 2.24) is 14.9 Å². The molecule has 0 radical (unpaired) electrons. The van der Waals surface area contributed by atoms with Gasteiger partial charge >= 0.3 is 0 Å². The van der Waals surface area contributed by atoms with Crippen LogP contribution in [0.4, 0.5) is 0 Å². The second kappa shape index (κ2) is 3.90. The molecule has 2 heterocycles. The number of nitrogens with zero attached hydrogens (tertiary/aromatic N) is 6. The predicted octanol–water partition coefficient (Wildman–Crippen LogP) is -1.77. The summed E-state index contributed by atoms with van der Waals surface area (Å²) in [6.07, 6.45) is 0. The molecular weight excluding hydrogens is 252 g/mol. The average molecular weight is 262 g/mol. The number of fused-ring (bicyclic) bond motifs is 2. The van der Waals surface area contributed by atoms with E-state index in [1.165, 1.54) is 4.90 Å². The molecule has 2 bridgehead atoms. The van der Waals surface area contributed by atoms with Crippen LogP contribution < -0.4 is 0 Å². The fourth-order valence-corrected chi connectivity index (χ4v) is 2.34. The first-order valence-electron chi connectivity index (χ1n) is 4.99. The van der Waals surface area contributed by atoms with E-state index in [0.29, 0.717) is 10.0 Å². The highest BCUT2D eigenvalue weighted by Gasteiger charge is 2.58. The van der Waals surface area contributed by atoms with Crippen molar-refractivity contribution in [2.45, 2.75) is 5.54 Å². The van der Waals surface area contributed by atoms with Crippen molar-refractivity contribution in [3.63, 3.8) is 0 Å². The minimum Gasteiger partial charge on any atom is -0.264 e. The molecule has 0 atom stereocenters. The Morgan fingerprint density at radius 3 is 1.61 bits per heavy atom. The fourth-order valence-electron chi connectivity index (χ4n) is 2.34. The zero-order chi connectivity index (χ0) is 13.5. The van der Waals surface area contributed by atoms with Gasteiger partial charge in [-0.2, -0.15) is 0 Å². The minimum absolute atomic E-state index is 0.0192. The van der Waals surface area contributed by atoms with Crippen LogP contribution in [0, 0.1) is 30.3 Å². The summed E-state index contributed by atoms with van der Waals surface area (Å²) in [5, 5.41) is 32.5. The summed E-state index contributed by atoms with van der Waals surface area (Å²) in [7, 11) is 0. The largest absolute Gasteiger partial charge is 0.280 e. The van der Waals surface area contributed by atoms with Crippen molar-refractivity contribution in [3.05, 3.63) is 30.3 Å². The molecule has 2 aliphatic rings. The molecule has 2 rings (SSSR count). The first-order chi connectivity index (χ1) is 8.34. The fraction of sp³-hybridized carbons (Fsp3) is 1.00. The molecular formula is C6H10N6O6. The van der Waals surface area contributed by atoms with Crippen LogP contribution in [0.3, 0.4) is 0 Å². The smallest absolute Gasteiger partial charge is 0.264 e. The standard InChI is InChI=1S/C6H10N6O6/c13-10(14)6-1-7(4-8(2-6)11(15)16)5-9(3-6)12(17)18/h1-5H2. The summed E-state index contributed by atoms with van der Waals surface area (Å²) < 4.78 is 0. The highest BCUT2D eigenvalue weighted by molar-refractivity contribution is 4.93. The Balaban J connectivity index is 2.28. The average Bonchev–Trinajstić information content (AvgIpc) is 2.27. The second-order valence-corrected chi connectivity index (χ2v) is 4.40. The maximum absolute atomic E-state index is 11.1. The molecule has 0 spiro atoms. The van der Waals surface area contributed by atoms with Crippen LogP contribution in [0.2, 0.25) is 0 Å². The van der Waals surface area contributed by atoms with Gasteiger partial charge in [-0.25, -0.2) is 20.2 Å². The van der Waals surface area contributed by atoms with Gasteiger partial charge in [-0.3, -0.25) is 15.0 Å². The van der Waals surface area contributed by atoms with Crippen molar-refractivity contribution in [2.75, 3.05) is 33.0 Å². The van der Waals surface area contributed by atoms with Crippen molar-refractivity contribution >= 4 is 0 Å². The van der Waals surface area contributed by atoms with Crippen molar-refractivity contribution in [2.24, 2.45) is 0 Å². The molecule has 100 valence electrons. The Kier molecular flexibility index (Phi) is 2.65. The maximum Gasteiger partial charge on any atom is 0.280 e. The molecule has 0 N–H and O–H groups in total. The van der Waals surface area contributed by atoms with Crippen LogP contribution in [-0.4, -0.2) is 68.4 Å². The molecule has 0 aromatic carbocycles. The Labute approximate surface area is 99.7 Å². The van der Waals surface area contributed by atoms with Crippen LogP contribution in [0.25, 0.3) is 0 Å². The van der Waals surface area contributed by atoms with E-state index in [1.807, 2.05) is 0 Å². The van der Waals surface area contributed by atoms with Crippen LogP contribution >= 0.6 is 0 Å². The summed E-state index contributed by atoms with van der Waals surface area (Å²) in [6, 6.07) is 0. The van der Waals surface area contributed by atoms with Gasteiger partial charge in [0.25, 0.3) is 5.54 Å². The van der Waals surface area contributed by atoms with Crippen LogP contribution in [-0.2, 0) is 0 Å². The van der Waals surface area contributed by atoms with Crippen LogP contribution in [0.5, 0.6) is 0 Å². The van der Waals surface area contributed by atoms with Gasteiger partial charge in [0, 0.05) is 4.92 Å². The highest BCUT2D eigenvalue weighted by Crippen LogP contribution is 2.26. The van der Waals surface area contributed by atoms with E-state index < -0.39 is 33.6 Å². The number of hydrogen-bond acceptors (Lipinski definition) is 7. The first-order valence-corrected chi connectivity index (χ1v) is 4.99. The molecule has 2 saturated heterocycles. The third-order valence-electron chi connectivity index (χ3n) is 3.05. The molecule has 0 saturated carbocycles. The van der Waals surface area contributed by atoms with Gasteiger partial charge in [0.1, 0.15) is 13.3 Å². The molecule has 0 aromatic heterocycles. The number of hydrogen-bond donors (Lipinski definition) is 0. The normalized spacial score (nSPS) is 31.0. The molecule has 0 aliphatic carbocycles. The van der Waals surface area contributed by atoms with Crippen molar-refractivity contribution in [3.8, 4) is 0 Å². The first kappa shape index (κ1) is 12.2. The lowest BCUT2D eigenvalue weighted by molar-refractivity contribution is -0.718. The Morgan fingerprint density at radius 1 is 0.833 bits per heavy atom. The molecule has 18 heavy (non-hydrogen) atoms. The van der Waals surface area contributed by atoms with E-state index >= 15 is 0 Å². The highest BCUT2D eigenvalue weighted by atomic mass is 16.7. The summed E-state index contributed by atoms with van der Waals surface area (Å²) in [4.78, 5) is 33.2. The minimum atomic E-state index is -1.70. The Morgan fingerprint density at radius 2 is 1.28 bits per heavy atom. The van der Waals surface area contributed by atoms with E-state index in [9.17, 15) is 30.3 Å². The monoisotopic (exact) mass is 262 g/mol. The van der Waals surface area contributed by atoms with E-state index in [1.54, 1.807) is 0 Å². The summed E-state index contributed by atoms with van der Waals surface area (Å²) in [5.74, 6) is 0. The SMILES string of the molecule is O=[N+]([O-])N1CN2CN([N+](=O)[O-])CC([N+](=O)[O-])(C2)C1. The van der Waals surface area contributed by atoms with Gasteiger partial charge < -0.3 is 0 Å². The number of nitro groups is 3. The predicted molar refractivity (Wildman–Crippen MR) is 53.6 cm³/mol. The summed E-state index contributed by atoms with van der Waals surface area (Å²) >= 11 is 0. The molecule has 2 aliphatic heterocycles. The van der Waals surface area contributed by atoms with E-state index in [2.05, 4.69) is 0 Å². The number of hydrazine groups is 2. The van der Waals surface area contributed by atoms with Crippen LogP contribution in [0.1, 0.15) is 0 Å². The lowest BCUT2D eigenvalue weighted by Gasteiger charge is -2.43. The van der Waals surface area contributed by atoms with Gasteiger partial charge in [-0.05, 0) is 0 Å². The molecule has 12 nitrogen and oxygen atoms in total. The molecule has 2 fully saturated rings. The Hall–Kier alpha value is -2.24. The quantitative estimate of drug-likeness (QED) is 0.427. The summed E-state index contributed by atoms with van der Waals surface area (Å²) in [5.41, 5.74) is -1.70. The van der Waals surface area contributed by atoms with E-state index in [0.717, 1.165) is 0 Å². The van der Waals surface area contributed by atoms with Crippen molar-refractivity contribution in [1.29, 1.82) is 0 Å². The maximum atomic E-state index is 11.1. The molecule has 0 unspecified atom stereocenters.